The molecule has 0 unspecified atom stereocenters. The number of rotatable bonds is 8. The lowest BCUT2D eigenvalue weighted by molar-refractivity contribution is 0.354. The van der Waals surface area contributed by atoms with Crippen LogP contribution in [0.3, 0.4) is 0 Å². The predicted octanol–water partition coefficient (Wildman–Crippen LogP) is 2.73. The maximum atomic E-state index is 8.60. The van der Waals surface area contributed by atoms with Crippen LogP contribution < -0.4 is 19.6 Å². The van der Waals surface area contributed by atoms with Crippen LogP contribution in [-0.2, 0) is 6.54 Å². The minimum Gasteiger partial charge on any atom is -0.493 e. The lowest BCUT2D eigenvalue weighted by Crippen LogP contribution is -2.06. The van der Waals surface area contributed by atoms with E-state index in [9.17, 15) is 0 Å². The average Bonchev–Trinajstić information content (AvgIpc) is 2.64. The van der Waals surface area contributed by atoms with Gasteiger partial charge in [-0.15, -0.1) is 0 Å². The van der Waals surface area contributed by atoms with Crippen molar-refractivity contribution in [3.8, 4) is 23.3 Å². The Labute approximate surface area is 141 Å². The quantitative estimate of drug-likeness (QED) is 0.596. The highest BCUT2D eigenvalue weighted by Crippen LogP contribution is 2.27. The van der Waals surface area contributed by atoms with Crippen LogP contribution in [0, 0.1) is 11.3 Å². The van der Waals surface area contributed by atoms with Crippen LogP contribution in [0.2, 0.25) is 0 Å². The van der Waals surface area contributed by atoms with Gasteiger partial charge in [-0.1, -0.05) is 18.2 Å². The first-order chi connectivity index (χ1) is 11.8. The summed E-state index contributed by atoms with van der Waals surface area (Å²) in [6.07, 6.45) is 1.66. The molecular formula is C18H19N3O3. The second-order valence-electron chi connectivity index (χ2n) is 4.77. The summed E-state index contributed by atoms with van der Waals surface area (Å²) < 4.78 is 15.8. The van der Waals surface area contributed by atoms with Crippen molar-refractivity contribution in [2.45, 2.75) is 6.54 Å². The van der Waals surface area contributed by atoms with Crippen molar-refractivity contribution in [3.05, 3.63) is 53.6 Å². The molecule has 0 spiro atoms. The number of methoxy groups -OCH3 is 2. The second kappa shape index (κ2) is 9.06. The molecule has 0 saturated heterocycles. The molecule has 24 heavy (non-hydrogen) atoms. The molecule has 2 aromatic carbocycles. The van der Waals surface area contributed by atoms with Gasteiger partial charge < -0.3 is 19.6 Å². The number of para-hydroxylation sites is 1. The largest absolute Gasteiger partial charge is 0.493 e. The van der Waals surface area contributed by atoms with E-state index in [4.69, 9.17) is 19.5 Å². The summed E-state index contributed by atoms with van der Waals surface area (Å²) in [6, 6.07) is 15.0. The summed E-state index contributed by atoms with van der Waals surface area (Å²) in [6.45, 7) is 0.544. The molecule has 2 aromatic rings. The van der Waals surface area contributed by atoms with Crippen molar-refractivity contribution in [2.75, 3.05) is 20.8 Å². The lowest BCUT2D eigenvalue weighted by Gasteiger charge is -2.09. The molecule has 6 heteroatoms. The Balaban J connectivity index is 1.97. The van der Waals surface area contributed by atoms with Crippen LogP contribution >= 0.6 is 0 Å². The number of nitriles is 1. The van der Waals surface area contributed by atoms with E-state index >= 15 is 0 Å². The zero-order valence-corrected chi connectivity index (χ0v) is 13.7. The summed E-state index contributed by atoms with van der Waals surface area (Å²) >= 11 is 0. The van der Waals surface area contributed by atoms with Gasteiger partial charge >= 0.3 is 0 Å². The molecule has 0 aliphatic heterocycles. The van der Waals surface area contributed by atoms with Gasteiger partial charge in [-0.3, -0.25) is 0 Å². The first-order valence-electron chi connectivity index (χ1n) is 7.34. The Morgan fingerprint density at radius 3 is 2.62 bits per heavy atom. The number of hydrogen-bond donors (Lipinski definition) is 1. The lowest BCUT2D eigenvalue weighted by atomic mass is 10.2. The van der Waals surface area contributed by atoms with Crippen LogP contribution in [0.1, 0.15) is 11.1 Å². The molecule has 0 radical (unpaired) electrons. The number of nitrogens with zero attached hydrogens (tertiary/aromatic N) is 2. The van der Waals surface area contributed by atoms with Gasteiger partial charge in [-0.25, -0.2) is 0 Å². The molecule has 2 rings (SSSR count). The van der Waals surface area contributed by atoms with Gasteiger partial charge in [0.2, 0.25) is 0 Å². The van der Waals surface area contributed by atoms with E-state index in [0.29, 0.717) is 23.8 Å². The highest BCUT2D eigenvalue weighted by Gasteiger charge is 2.04. The third-order valence-electron chi connectivity index (χ3n) is 3.24. The normalized spacial score (nSPS) is 10.2. The second-order valence-corrected chi connectivity index (χ2v) is 4.77. The average molecular weight is 325 g/mol. The maximum Gasteiger partial charge on any atom is 0.174 e. The van der Waals surface area contributed by atoms with E-state index in [2.05, 4.69) is 10.5 Å². The maximum absolute atomic E-state index is 8.60. The van der Waals surface area contributed by atoms with E-state index in [0.717, 1.165) is 11.1 Å². The van der Waals surface area contributed by atoms with Gasteiger partial charge in [-0.05, 0) is 29.8 Å². The summed E-state index contributed by atoms with van der Waals surface area (Å²) in [5.41, 5.74) is 4.79. The number of benzene rings is 2. The van der Waals surface area contributed by atoms with Crippen LogP contribution in [0.4, 0.5) is 0 Å². The van der Waals surface area contributed by atoms with Crippen molar-refractivity contribution in [3.63, 3.8) is 0 Å². The van der Waals surface area contributed by atoms with Crippen molar-refractivity contribution < 1.29 is 14.2 Å². The highest BCUT2D eigenvalue weighted by atomic mass is 16.5. The fourth-order valence-corrected chi connectivity index (χ4v) is 2.07. The predicted molar refractivity (Wildman–Crippen MR) is 91.5 cm³/mol. The summed E-state index contributed by atoms with van der Waals surface area (Å²) in [5, 5.41) is 12.8. The SMILES string of the molecule is COc1ccc(CN/N=C\c2ccccc2OCC#N)cc1OC. The fourth-order valence-electron chi connectivity index (χ4n) is 2.07. The molecule has 0 amide bonds. The van der Waals surface area contributed by atoms with Crippen LogP contribution in [0.15, 0.2) is 47.6 Å². The van der Waals surface area contributed by atoms with Crippen LogP contribution in [0.5, 0.6) is 17.2 Å². The van der Waals surface area contributed by atoms with Crippen LogP contribution in [0.25, 0.3) is 0 Å². The van der Waals surface area contributed by atoms with Crippen molar-refractivity contribution in [1.82, 2.24) is 5.43 Å². The van der Waals surface area contributed by atoms with Gasteiger partial charge in [-0.2, -0.15) is 10.4 Å². The van der Waals surface area contributed by atoms with Gasteiger partial charge in [0.05, 0.1) is 27.0 Å². The molecule has 1 N–H and O–H groups in total. The Morgan fingerprint density at radius 2 is 1.88 bits per heavy atom. The van der Waals surface area contributed by atoms with E-state index in [1.54, 1.807) is 26.5 Å². The van der Waals surface area contributed by atoms with E-state index in [-0.39, 0.29) is 6.61 Å². The molecule has 0 fully saturated rings. The van der Waals surface area contributed by atoms with Crippen LogP contribution in [-0.4, -0.2) is 27.0 Å². The monoisotopic (exact) mass is 325 g/mol. The molecule has 0 heterocycles. The topological polar surface area (TPSA) is 75.9 Å². The molecule has 0 aromatic heterocycles. The zero-order valence-electron chi connectivity index (χ0n) is 13.7. The molecular weight excluding hydrogens is 306 g/mol. The fraction of sp³-hybridized carbons (Fsp3) is 0.222. The summed E-state index contributed by atoms with van der Waals surface area (Å²) in [4.78, 5) is 0. The standard InChI is InChI=1S/C18H19N3O3/c1-22-17-8-7-14(11-18(17)23-2)12-20-21-13-15-5-3-4-6-16(15)24-10-9-19/h3-8,11,13,20H,10,12H2,1-2H3/b21-13-. The Bertz CT molecular complexity index is 739. The first-order valence-corrected chi connectivity index (χ1v) is 7.34. The minimum absolute atomic E-state index is 0.00389. The third-order valence-corrected chi connectivity index (χ3v) is 3.24. The summed E-state index contributed by atoms with van der Waals surface area (Å²) in [5.74, 6) is 1.99. The first kappa shape index (κ1) is 17.2. The molecule has 0 aliphatic carbocycles. The molecule has 0 saturated carbocycles. The summed E-state index contributed by atoms with van der Waals surface area (Å²) in [7, 11) is 3.21. The molecule has 124 valence electrons. The Morgan fingerprint density at radius 1 is 1.08 bits per heavy atom. The molecule has 0 atom stereocenters. The Hall–Kier alpha value is -3.20. The third kappa shape index (κ3) is 4.65. The smallest absolute Gasteiger partial charge is 0.174 e. The van der Waals surface area contributed by atoms with E-state index in [1.165, 1.54) is 0 Å². The van der Waals surface area contributed by atoms with Crippen molar-refractivity contribution >= 4 is 6.21 Å². The van der Waals surface area contributed by atoms with Gasteiger partial charge in [0, 0.05) is 5.56 Å². The highest BCUT2D eigenvalue weighted by molar-refractivity contribution is 5.83. The Kier molecular flexibility index (Phi) is 6.47. The van der Waals surface area contributed by atoms with E-state index < -0.39 is 0 Å². The zero-order chi connectivity index (χ0) is 17.2. The van der Waals surface area contributed by atoms with Crippen molar-refractivity contribution in [2.24, 2.45) is 5.10 Å². The molecule has 0 aliphatic rings. The minimum atomic E-state index is 0.00389. The van der Waals surface area contributed by atoms with Crippen molar-refractivity contribution in [1.29, 1.82) is 5.26 Å². The van der Waals surface area contributed by atoms with Gasteiger partial charge in [0.1, 0.15) is 11.8 Å². The number of ether oxygens (including phenoxy) is 3. The van der Waals surface area contributed by atoms with Gasteiger partial charge in [0.15, 0.2) is 18.1 Å². The molecule has 0 bridgehead atoms. The number of hydrogen-bond acceptors (Lipinski definition) is 6. The van der Waals surface area contributed by atoms with Gasteiger partial charge in [0.25, 0.3) is 0 Å². The number of hydrazone groups is 1. The van der Waals surface area contributed by atoms with E-state index in [1.807, 2.05) is 42.5 Å². The number of nitrogens with one attached hydrogen (secondary N) is 1. The molecule has 6 nitrogen and oxygen atoms in total.